The second-order valence-electron chi connectivity index (χ2n) is 36.1. The fourth-order valence-corrected chi connectivity index (χ4v) is 19.6. The average molecular weight is 2050 g/mol. The second kappa shape index (κ2) is 37.2. The van der Waals surface area contributed by atoms with E-state index in [-0.39, 0.29) is 69.1 Å². The Morgan fingerprint density at radius 1 is 0.444 bits per heavy atom. The van der Waals surface area contributed by atoms with Gasteiger partial charge in [-0.25, -0.2) is 82.4 Å². The third-order valence-electron chi connectivity index (χ3n) is 24.9. The predicted octanol–water partition coefficient (Wildman–Crippen LogP) is 14.5. The van der Waals surface area contributed by atoms with Gasteiger partial charge in [0.1, 0.15) is 162 Å². The van der Waals surface area contributed by atoms with Crippen molar-refractivity contribution in [1.82, 2.24) is 82.9 Å². The monoisotopic (exact) mass is 2050 g/mol. The lowest BCUT2D eigenvalue weighted by molar-refractivity contribution is -0.175. The maximum Gasteiger partial charge on any atom is 0.175 e. The van der Waals surface area contributed by atoms with Crippen LogP contribution in [0.3, 0.4) is 0 Å². The zero-order chi connectivity index (χ0) is 95.4. The molecule has 3 saturated heterocycles. The van der Waals surface area contributed by atoms with E-state index in [1.165, 1.54) is 25.3 Å². The fraction of sp³-hybridized carbons (Fsp3) is 0.424. The minimum absolute atomic E-state index is 0. The van der Waals surface area contributed by atoms with Gasteiger partial charge in [0, 0.05) is 113 Å². The first-order valence-electron chi connectivity index (χ1n) is 43.0. The number of halogens is 7. The smallest absolute Gasteiger partial charge is 0.175 e. The van der Waals surface area contributed by atoms with E-state index in [1.54, 1.807) is 106 Å². The van der Waals surface area contributed by atoms with Crippen molar-refractivity contribution in [3.8, 4) is 17.2 Å². The molecule has 3 aliphatic heterocycles. The van der Waals surface area contributed by atoms with Gasteiger partial charge in [-0.2, -0.15) is 0 Å². The van der Waals surface area contributed by atoms with Gasteiger partial charge in [-0.15, -0.1) is 0 Å². The standard InChI is InChI=1S/C24H24BrFN6O3.C21H20BrFN6O3.C19H26FN5O2.C18H24FN5O3.C9H7BrN2O.CH4/c1-23(2)34-18-17(32-6-5-14-20(27)29-11-30-22(14)32)9-24(26,19(18)35-23)10-33-13-4-3-12-7-15(25)21(28)31-16(12)8-13;22-13-5-10-1-2-11(6-14(10)28-19(13)25)32-8-21(23)7-15(16(30)17(21)31)29-4-3-12-18(24)26-9-27-20(12)29;1-6-19(20)9-13(14-15(19)27-18(2,3)26-14)25-8-7-12-16(23-11-24(4)5)21-10-22-17(12)25;1-17(2)26-13-12(7-18(19,8-25)14(13)27-17)24-6-5-11-15(22-10-23(3)4)20-9-21-16(11)24;10-7-3-5-1-2-6(13)4-8(5)12-9(7)11;/h3-8,11,17-19H,9-10H2,1-2H3,(H2,28,31)(H2,27,29,30);1-6,9,15-17,30-31H,7-8H2,(H2,25,28)(H2,24,26,27);7-8,10-11,13-15H,6,9H2,1-5H3;5-6,9-10,12-14,25H,7-8H2,1-4H3;1-4,13H,(H2,11,12);1H4/t17-,18+,19+,24+;15-,16+,17+,21+;13-,14+,15+,19-;12-,13+,14+,18+;;/m1111../s1. The number of aliphatic hydroxyl groups excluding tert-OH is 3. The van der Waals surface area contributed by atoms with Gasteiger partial charge in [0.2, 0.25) is 0 Å². The highest BCUT2D eigenvalue weighted by Crippen LogP contribution is 2.56. The number of nitrogens with zero attached hydrogens (tertiary/aromatic N) is 19. The van der Waals surface area contributed by atoms with E-state index in [0.717, 1.165) is 41.5 Å². The number of benzene rings is 3. The molecule has 4 aliphatic carbocycles. The van der Waals surface area contributed by atoms with Crippen LogP contribution in [0, 0.1) is 0 Å². The van der Waals surface area contributed by atoms with Gasteiger partial charge in [-0.1, -0.05) is 14.4 Å². The molecule has 4 saturated carbocycles. The SMILES string of the molecule is C.CC1(C)O[C@H]2[C@H](n3ccc4c(N)ncnc43)C[C@](F)(COc3ccc4cc(Br)c(N)nc4c3)[C@H]2O1.CC[C@@]1(F)C[C@@H](n2ccc3c(N=CN(C)C)ncnc32)[C@@H]2OC(C)(C)O[C@@H]21.CN(C)C=Nc1ncnc2c1ccn2[C@@H]1C[C@](F)(CO)[C@H]2OC(C)(C)O[C@@H]12.Nc1nc2cc(O)ccc2cc1Br.Nc1nc2cc(OC[C@@]3(F)C[C@@H](n4ccc5c(N)ncnc54)[C@H](O)[C@@H]3O)ccc2cc1Br. The third-order valence-corrected chi connectivity index (χ3v) is 26.8. The minimum Gasteiger partial charge on any atom is -0.508 e. The van der Waals surface area contributed by atoms with Crippen molar-refractivity contribution in [2.24, 2.45) is 9.98 Å². The molecule has 135 heavy (non-hydrogen) atoms. The number of phenolic OH excluding ortho intramolecular Hbond substituents is 1. The van der Waals surface area contributed by atoms with E-state index >= 15 is 17.6 Å². The summed E-state index contributed by atoms with van der Waals surface area (Å²) in [7, 11) is 7.55. The van der Waals surface area contributed by atoms with Gasteiger partial charge < -0.3 is 115 Å². The molecule has 16 atom stereocenters. The lowest BCUT2D eigenvalue weighted by Gasteiger charge is -2.28. The number of aromatic nitrogens is 15. The number of pyridine rings is 3. The molecule has 0 radical (unpaired) electrons. The molecule has 3 aromatic carbocycles. The average Bonchev–Trinajstić information content (AvgIpc) is 1.57. The Balaban J connectivity index is 0.000000125. The summed E-state index contributed by atoms with van der Waals surface area (Å²) in [4.78, 5) is 59.1. The molecule has 43 heteroatoms. The molecule has 0 unspecified atom stereocenters. The van der Waals surface area contributed by atoms with Gasteiger partial charge in [0.05, 0.1) is 95.0 Å². The number of aliphatic hydroxyl groups is 3. The van der Waals surface area contributed by atoms with E-state index < -0.39 is 102 Å². The summed E-state index contributed by atoms with van der Waals surface area (Å²) in [6, 6.07) is 26.8. The highest BCUT2D eigenvalue weighted by Gasteiger charge is 2.66. The Kier molecular flexibility index (Phi) is 26.6. The van der Waals surface area contributed by atoms with Crippen LogP contribution in [-0.4, -0.2) is 253 Å². The van der Waals surface area contributed by atoms with Crippen molar-refractivity contribution in [2.75, 3.05) is 76.7 Å². The number of aliphatic imine (C=N–C) groups is 2. The van der Waals surface area contributed by atoms with Gasteiger partial charge in [0.15, 0.2) is 46.0 Å². The van der Waals surface area contributed by atoms with Crippen LogP contribution in [-0.2, 0) is 28.4 Å². The summed E-state index contributed by atoms with van der Waals surface area (Å²) >= 11 is 10.0. The Bertz CT molecular complexity index is 6700. The predicted molar refractivity (Wildman–Crippen MR) is 514 cm³/mol. The lowest BCUT2D eigenvalue weighted by Crippen LogP contribution is -2.43. The number of nitrogens with two attached hydrogens (primary N) is 5. The van der Waals surface area contributed by atoms with Crippen LogP contribution < -0.4 is 38.1 Å². The Labute approximate surface area is 797 Å². The van der Waals surface area contributed by atoms with Crippen LogP contribution in [0.1, 0.15) is 112 Å². The molecule has 714 valence electrons. The highest BCUT2D eigenvalue weighted by atomic mass is 79.9. The van der Waals surface area contributed by atoms with Crippen molar-refractivity contribution in [1.29, 1.82) is 0 Å². The second-order valence-corrected chi connectivity index (χ2v) is 38.7. The summed E-state index contributed by atoms with van der Waals surface area (Å²) in [6.45, 7) is 11.3. The number of anilines is 5. The van der Waals surface area contributed by atoms with Crippen LogP contribution >= 0.6 is 47.8 Å². The molecule has 14 N–H and O–H groups in total. The summed E-state index contributed by atoms with van der Waals surface area (Å²) in [6.07, 6.45) is 10.4. The van der Waals surface area contributed by atoms with Crippen molar-refractivity contribution in [3.05, 3.63) is 161 Å². The first-order valence-corrected chi connectivity index (χ1v) is 45.4. The molecule has 0 amide bonds. The number of ether oxygens (including phenoxy) is 8. The van der Waals surface area contributed by atoms with Crippen LogP contribution in [0.5, 0.6) is 17.2 Å². The van der Waals surface area contributed by atoms with Crippen molar-refractivity contribution < 1.29 is 75.9 Å². The van der Waals surface area contributed by atoms with Gasteiger partial charge in [-0.3, -0.25) is 0 Å². The van der Waals surface area contributed by atoms with E-state index in [9.17, 15) is 20.4 Å². The number of nitrogen functional groups attached to an aromatic ring is 5. The van der Waals surface area contributed by atoms with Crippen LogP contribution in [0.4, 0.5) is 58.3 Å². The molecule has 0 spiro atoms. The number of hydrogen-bond acceptors (Lipinski definition) is 30. The molecule has 11 aromatic heterocycles. The van der Waals surface area contributed by atoms with E-state index in [4.69, 9.17) is 66.6 Å². The van der Waals surface area contributed by atoms with Crippen molar-refractivity contribution in [2.45, 2.75) is 201 Å². The lowest BCUT2D eigenvalue weighted by atomic mass is 9.98. The van der Waals surface area contributed by atoms with E-state index in [1.807, 2.05) is 134 Å². The fourth-order valence-electron chi connectivity index (χ4n) is 18.6. The zero-order valence-corrected chi connectivity index (χ0v) is 79.4. The third kappa shape index (κ3) is 19.1. The largest absolute Gasteiger partial charge is 0.508 e. The van der Waals surface area contributed by atoms with Gasteiger partial charge in [-0.05, 0) is 175 Å². The van der Waals surface area contributed by atoms with Crippen LogP contribution in [0.25, 0.3) is 76.8 Å². The number of hydrogen-bond donors (Lipinski definition) is 9. The summed E-state index contributed by atoms with van der Waals surface area (Å²) in [5.74, 6) is 1.37. The molecule has 14 heterocycles. The Morgan fingerprint density at radius 3 is 1.19 bits per heavy atom. The van der Waals surface area contributed by atoms with Crippen molar-refractivity contribution >= 4 is 178 Å². The molecule has 7 fully saturated rings. The number of alkyl halides is 4. The molecular formula is C92H105Br3F4N24O12. The molecule has 7 aliphatic rings. The molecular weight excluding hydrogens is 1950 g/mol. The first kappa shape index (κ1) is 96.6. The van der Waals surface area contributed by atoms with Crippen LogP contribution in [0.2, 0.25) is 0 Å². The molecule has 21 rings (SSSR count). The maximum absolute atomic E-state index is 16.6. The molecule has 36 nitrogen and oxygen atoms in total. The topological polar surface area (TPSA) is 478 Å². The zero-order valence-electron chi connectivity index (χ0n) is 74.7. The van der Waals surface area contributed by atoms with E-state index in [2.05, 4.69) is 113 Å². The maximum atomic E-state index is 16.6. The highest BCUT2D eigenvalue weighted by molar-refractivity contribution is 9.11. The van der Waals surface area contributed by atoms with Gasteiger partial charge >= 0.3 is 0 Å². The van der Waals surface area contributed by atoms with Gasteiger partial charge in [0.25, 0.3) is 0 Å². The minimum atomic E-state index is -2.18. The summed E-state index contributed by atoms with van der Waals surface area (Å²) in [5.41, 5.74) is 26.4. The number of fused-ring (bicyclic) bond motifs is 10. The summed E-state index contributed by atoms with van der Waals surface area (Å²) < 4.78 is 121. The number of rotatable bonds is 16. The summed E-state index contributed by atoms with van der Waals surface area (Å²) in [5, 5.41) is 45.6. The molecule has 14 aromatic rings. The first-order chi connectivity index (χ1) is 63.5. The molecule has 0 bridgehead atoms. The quantitative estimate of drug-likeness (QED) is 0.0246. The van der Waals surface area contributed by atoms with E-state index in [0.29, 0.717) is 108 Å². The van der Waals surface area contributed by atoms with Crippen molar-refractivity contribution in [3.63, 3.8) is 0 Å². The number of phenols is 1. The normalized spacial score (nSPS) is 27.2. The number of aromatic hydroxyl groups is 1. The Hall–Kier alpha value is -11.5. The van der Waals surface area contributed by atoms with Crippen LogP contribution in [0.15, 0.2) is 171 Å². The Morgan fingerprint density at radius 2 is 0.785 bits per heavy atom.